The number of carboxylic acids is 1. The summed E-state index contributed by atoms with van der Waals surface area (Å²) in [7, 11) is 0. The van der Waals surface area contributed by atoms with E-state index in [1.165, 1.54) is 35.9 Å². The molecule has 30 heavy (non-hydrogen) atoms. The quantitative estimate of drug-likeness (QED) is 0.177. The second-order valence-corrected chi connectivity index (χ2v) is 8.79. The Morgan fingerprint density at radius 2 is 2.03 bits per heavy atom. The highest BCUT2D eigenvalue weighted by atomic mass is 32.2. The molecule has 0 aromatic heterocycles. The number of thioether (sulfide) groups is 1. The molecular weight excluding hydrogens is 416 g/mol. The molecule has 12 heteroatoms. The fourth-order valence-electron chi connectivity index (χ4n) is 3.24. The largest absolute Gasteiger partial charge is 0.504 e. The summed E-state index contributed by atoms with van der Waals surface area (Å²) in [6.07, 6.45) is 1.55. The molecule has 2 heterocycles. The van der Waals surface area contributed by atoms with Crippen molar-refractivity contribution in [1.29, 1.82) is 0 Å². The molecule has 0 bridgehead atoms. The highest BCUT2D eigenvalue weighted by Gasteiger charge is 2.60. The second-order valence-electron chi connectivity index (χ2n) is 7.14. The van der Waals surface area contributed by atoms with E-state index in [2.05, 4.69) is 15.8 Å². The van der Waals surface area contributed by atoms with Gasteiger partial charge in [0.25, 0.3) is 11.8 Å². The monoisotopic (exact) mass is 436 g/mol. The first-order valence-corrected chi connectivity index (χ1v) is 9.80. The molecule has 1 aromatic carbocycles. The van der Waals surface area contributed by atoms with Crippen LogP contribution < -0.4 is 10.7 Å². The number of fused-ring (bicyclic) bond motifs is 1. The lowest BCUT2D eigenvalue weighted by Gasteiger charge is -2.36. The Labute approximate surface area is 175 Å². The van der Waals surface area contributed by atoms with Crippen LogP contribution in [-0.4, -0.2) is 72.3 Å². The van der Waals surface area contributed by atoms with E-state index >= 15 is 0 Å². The van der Waals surface area contributed by atoms with Crippen LogP contribution in [0, 0.1) is 0 Å². The summed E-state index contributed by atoms with van der Waals surface area (Å²) >= 11 is 1.28. The Morgan fingerprint density at radius 3 is 2.63 bits per heavy atom. The minimum absolute atomic E-state index is 0.0433. The third-order valence-electron chi connectivity index (χ3n) is 4.87. The van der Waals surface area contributed by atoms with E-state index in [0.717, 1.165) is 12.1 Å². The average molecular weight is 436 g/mol. The number of carbonyl (C=O) groups excluding carboxylic acids is 3. The van der Waals surface area contributed by atoms with Crippen LogP contribution in [0.5, 0.6) is 11.5 Å². The Hall–Kier alpha value is -3.28. The molecule has 11 nitrogen and oxygen atoms in total. The zero-order valence-electron chi connectivity index (χ0n) is 16.0. The van der Waals surface area contributed by atoms with Gasteiger partial charge in [0, 0.05) is 11.8 Å². The zero-order chi connectivity index (χ0) is 22.2. The van der Waals surface area contributed by atoms with Crippen LogP contribution in [0.4, 0.5) is 0 Å². The maximum atomic E-state index is 12.2. The topological polar surface area (TPSA) is 169 Å². The second kappa shape index (κ2) is 7.86. The number of carbonyl (C=O) groups is 4. The summed E-state index contributed by atoms with van der Waals surface area (Å²) in [5, 5.41) is 34.3. The van der Waals surface area contributed by atoms with Crippen molar-refractivity contribution in [3.05, 3.63) is 23.8 Å². The molecule has 0 radical (unpaired) electrons. The van der Waals surface area contributed by atoms with E-state index in [1.54, 1.807) is 6.92 Å². The van der Waals surface area contributed by atoms with Crippen molar-refractivity contribution in [3.63, 3.8) is 0 Å². The predicted octanol–water partition coefficient (Wildman–Crippen LogP) is -0.165. The maximum absolute atomic E-state index is 12.2. The van der Waals surface area contributed by atoms with Crippen molar-refractivity contribution in [2.24, 2.45) is 5.10 Å². The summed E-state index contributed by atoms with van der Waals surface area (Å²) < 4.78 is -1.02. The molecule has 2 aliphatic rings. The van der Waals surface area contributed by atoms with E-state index < -0.39 is 40.4 Å². The Balaban J connectivity index is 1.59. The Bertz CT molecular complexity index is 952. The number of phenolic OH excluding ortho intramolecular Hbond substituents is 2. The first-order chi connectivity index (χ1) is 14.0. The molecular formula is C18H20N4O7S. The lowest BCUT2D eigenvalue weighted by Crippen LogP contribution is -2.57. The van der Waals surface area contributed by atoms with Crippen molar-refractivity contribution in [2.45, 2.75) is 42.5 Å². The van der Waals surface area contributed by atoms with Gasteiger partial charge in [0.15, 0.2) is 11.5 Å². The van der Waals surface area contributed by atoms with E-state index in [0.29, 0.717) is 0 Å². The molecule has 2 fully saturated rings. The van der Waals surface area contributed by atoms with Gasteiger partial charge >= 0.3 is 5.97 Å². The fraction of sp³-hybridized carbons (Fsp3) is 0.389. The normalized spacial score (nSPS) is 26.1. The van der Waals surface area contributed by atoms with Gasteiger partial charge in [-0.2, -0.15) is 5.10 Å². The number of phenols is 2. The van der Waals surface area contributed by atoms with Gasteiger partial charge < -0.3 is 25.5 Å². The van der Waals surface area contributed by atoms with Crippen LogP contribution in [0.1, 0.15) is 30.6 Å². The van der Waals surface area contributed by atoms with Crippen LogP contribution in [0.25, 0.3) is 0 Å². The van der Waals surface area contributed by atoms with E-state index in [-0.39, 0.29) is 29.0 Å². The van der Waals surface area contributed by atoms with E-state index in [9.17, 15) is 34.5 Å². The van der Waals surface area contributed by atoms with Gasteiger partial charge in [-0.1, -0.05) is 0 Å². The molecule has 0 aliphatic carbocycles. The first kappa shape index (κ1) is 21.4. The standard InChI is InChI=1S/C18H20N4O7S/c1-8(20-16(27)9-3-4-10(23)11(24)5-9)15(26)21-19-7-18(2)14(17(28)29)22-12(25)6-13(22)30-18/h3-5,7-8,13-14,23-24H,6H2,1-2H3,(H,20,27)(H,21,26)(H,28,29)/b19-7+/t8?,13-,14+,18+/m1/s1. The summed E-state index contributed by atoms with van der Waals surface area (Å²) in [4.78, 5) is 49.0. The minimum Gasteiger partial charge on any atom is -0.504 e. The molecule has 2 aliphatic heterocycles. The number of hydrogen-bond donors (Lipinski definition) is 5. The molecule has 3 rings (SSSR count). The summed E-state index contributed by atoms with van der Waals surface area (Å²) in [6, 6.07) is 1.40. The predicted molar refractivity (Wildman–Crippen MR) is 106 cm³/mol. The number of β-lactam (4-membered cyclic amide) rings is 1. The van der Waals surface area contributed by atoms with Crippen molar-refractivity contribution < 1.29 is 34.5 Å². The number of carboxylic acid groups (broad SMARTS) is 1. The molecule has 1 unspecified atom stereocenters. The molecule has 1 aromatic rings. The number of nitrogens with zero attached hydrogens (tertiary/aromatic N) is 2. The number of hydrogen-bond acceptors (Lipinski definition) is 8. The molecule has 0 spiro atoms. The van der Waals surface area contributed by atoms with Gasteiger partial charge in [-0.05, 0) is 32.0 Å². The first-order valence-electron chi connectivity index (χ1n) is 8.92. The summed E-state index contributed by atoms with van der Waals surface area (Å²) in [6.45, 7) is 3.04. The van der Waals surface area contributed by atoms with Crippen molar-refractivity contribution >= 4 is 41.7 Å². The number of hydrazone groups is 1. The SMILES string of the molecule is CC(NC(=O)c1ccc(O)c(O)c1)C(=O)N/N=C/[C@]1(C)S[C@@H]2CC(=O)N2[C@H]1C(=O)O. The number of aliphatic carboxylic acids is 1. The van der Waals surface area contributed by atoms with Crippen LogP contribution in [0.3, 0.4) is 0 Å². The molecule has 160 valence electrons. The smallest absolute Gasteiger partial charge is 0.328 e. The highest BCUT2D eigenvalue weighted by molar-refractivity contribution is 8.02. The third kappa shape index (κ3) is 3.90. The van der Waals surface area contributed by atoms with Gasteiger partial charge in [-0.25, -0.2) is 10.2 Å². The van der Waals surface area contributed by atoms with Crippen molar-refractivity contribution in [1.82, 2.24) is 15.6 Å². The van der Waals surface area contributed by atoms with Gasteiger partial charge in [0.05, 0.1) is 16.5 Å². The molecule has 3 amide bonds. The van der Waals surface area contributed by atoms with Crippen molar-refractivity contribution in [3.8, 4) is 11.5 Å². The molecule has 0 saturated carbocycles. The lowest BCUT2D eigenvalue weighted by molar-refractivity contribution is -0.156. The highest BCUT2D eigenvalue weighted by Crippen LogP contribution is 2.50. The number of aromatic hydroxyl groups is 2. The van der Waals surface area contributed by atoms with Gasteiger partial charge in [-0.15, -0.1) is 11.8 Å². The van der Waals surface area contributed by atoms with Crippen LogP contribution in [0.15, 0.2) is 23.3 Å². The number of amides is 3. The average Bonchev–Trinajstić information content (AvgIpc) is 2.91. The van der Waals surface area contributed by atoms with Crippen LogP contribution >= 0.6 is 11.8 Å². The molecule has 2 saturated heterocycles. The Kier molecular flexibility index (Phi) is 5.61. The maximum Gasteiger partial charge on any atom is 0.328 e. The van der Waals surface area contributed by atoms with Crippen LogP contribution in [-0.2, 0) is 14.4 Å². The number of nitrogens with one attached hydrogen (secondary N) is 2. The van der Waals surface area contributed by atoms with Crippen LogP contribution in [0.2, 0.25) is 0 Å². The summed E-state index contributed by atoms with van der Waals surface area (Å²) in [5.41, 5.74) is 2.29. The molecule has 4 atom stereocenters. The number of benzene rings is 1. The third-order valence-corrected chi connectivity index (χ3v) is 6.37. The van der Waals surface area contributed by atoms with Gasteiger partial charge in [0.2, 0.25) is 5.91 Å². The minimum atomic E-state index is -1.16. The fourth-order valence-corrected chi connectivity index (χ4v) is 4.86. The van der Waals surface area contributed by atoms with E-state index in [4.69, 9.17) is 0 Å². The molecule has 5 N–H and O–H groups in total. The zero-order valence-corrected chi connectivity index (χ0v) is 16.8. The Morgan fingerprint density at radius 1 is 1.33 bits per heavy atom. The summed E-state index contributed by atoms with van der Waals surface area (Å²) in [5.74, 6) is -3.54. The van der Waals surface area contributed by atoms with E-state index in [1.807, 2.05) is 0 Å². The van der Waals surface area contributed by atoms with Gasteiger partial charge in [0.1, 0.15) is 12.1 Å². The number of rotatable bonds is 6. The van der Waals surface area contributed by atoms with Gasteiger partial charge in [-0.3, -0.25) is 14.4 Å². The van der Waals surface area contributed by atoms with Crippen molar-refractivity contribution in [2.75, 3.05) is 0 Å². The lowest BCUT2D eigenvalue weighted by atomic mass is 9.97.